The van der Waals surface area contributed by atoms with Crippen molar-refractivity contribution in [1.82, 2.24) is 4.72 Å². The van der Waals surface area contributed by atoms with Gasteiger partial charge in [0.05, 0.1) is 12.0 Å². The third kappa shape index (κ3) is 5.29. The van der Waals surface area contributed by atoms with E-state index in [9.17, 15) is 13.2 Å². The van der Waals surface area contributed by atoms with Gasteiger partial charge in [0, 0.05) is 10.5 Å². The van der Waals surface area contributed by atoms with Crippen LogP contribution in [0.2, 0.25) is 0 Å². The Bertz CT molecular complexity index is 603. The number of nitrogens with one attached hydrogen (secondary N) is 1. The fourth-order valence-corrected chi connectivity index (χ4v) is 3.61. The summed E-state index contributed by atoms with van der Waals surface area (Å²) in [7, 11) is -2.51. The highest BCUT2D eigenvalue weighted by Gasteiger charge is 2.25. The van der Waals surface area contributed by atoms with Gasteiger partial charge >= 0.3 is 5.97 Å². The number of rotatable bonds is 8. The van der Waals surface area contributed by atoms with E-state index in [1.54, 1.807) is 6.07 Å². The van der Waals surface area contributed by atoms with Gasteiger partial charge in [0.15, 0.2) is 0 Å². The van der Waals surface area contributed by atoms with Crippen molar-refractivity contribution in [2.24, 2.45) is 0 Å². The van der Waals surface area contributed by atoms with Crippen molar-refractivity contribution in [1.29, 1.82) is 0 Å². The zero-order chi connectivity index (χ0) is 16.0. The van der Waals surface area contributed by atoms with Gasteiger partial charge in [0.1, 0.15) is 11.8 Å². The Morgan fingerprint density at radius 3 is 2.62 bits per heavy atom. The molecule has 0 aliphatic heterocycles. The van der Waals surface area contributed by atoms with Gasteiger partial charge in [-0.05, 0) is 18.6 Å². The molecule has 0 aromatic heterocycles. The van der Waals surface area contributed by atoms with E-state index in [1.165, 1.54) is 19.2 Å². The molecule has 1 aromatic carbocycles. The molecule has 21 heavy (non-hydrogen) atoms. The molecule has 0 bridgehead atoms. The van der Waals surface area contributed by atoms with Crippen LogP contribution in [0.3, 0.4) is 0 Å². The van der Waals surface area contributed by atoms with Crippen molar-refractivity contribution in [2.45, 2.75) is 37.1 Å². The lowest BCUT2D eigenvalue weighted by atomic mass is 10.1. The number of carboxylic acids is 1. The number of carbonyl (C=O) groups is 1. The van der Waals surface area contributed by atoms with Crippen LogP contribution in [0.1, 0.15) is 26.2 Å². The average molecular weight is 380 g/mol. The van der Waals surface area contributed by atoms with Crippen LogP contribution in [-0.2, 0) is 14.8 Å². The summed E-state index contributed by atoms with van der Waals surface area (Å²) >= 11 is 3.19. The lowest BCUT2D eigenvalue weighted by Gasteiger charge is -2.15. The van der Waals surface area contributed by atoms with Gasteiger partial charge in [-0.3, -0.25) is 4.79 Å². The van der Waals surface area contributed by atoms with Crippen LogP contribution in [0.15, 0.2) is 27.6 Å². The Hall–Kier alpha value is -1.12. The van der Waals surface area contributed by atoms with Gasteiger partial charge in [-0.1, -0.05) is 35.7 Å². The van der Waals surface area contributed by atoms with E-state index in [2.05, 4.69) is 20.7 Å². The molecule has 0 radical (unpaired) electrons. The fourth-order valence-electron chi connectivity index (χ4n) is 1.71. The molecule has 6 nitrogen and oxygen atoms in total. The molecule has 0 amide bonds. The number of benzene rings is 1. The summed E-state index contributed by atoms with van der Waals surface area (Å²) in [5, 5.41) is 9.10. The molecular weight excluding hydrogens is 362 g/mol. The summed E-state index contributed by atoms with van der Waals surface area (Å²) < 4.78 is 32.3. The number of methoxy groups -OCH3 is 1. The summed E-state index contributed by atoms with van der Waals surface area (Å²) in [6, 6.07) is 3.21. The molecule has 118 valence electrons. The van der Waals surface area contributed by atoms with Crippen molar-refractivity contribution in [3.05, 3.63) is 22.7 Å². The zero-order valence-electron chi connectivity index (χ0n) is 11.8. The summed E-state index contributed by atoms with van der Waals surface area (Å²) in [4.78, 5) is 11.1. The van der Waals surface area contributed by atoms with Gasteiger partial charge in [-0.2, -0.15) is 4.72 Å². The van der Waals surface area contributed by atoms with E-state index in [4.69, 9.17) is 9.84 Å². The van der Waals surface area contributed by atoms with Crippen molar-refractivity contribution in [3.63, 3.8) is 0 Å². The lowest BCUT2D eigenvalue weighted by molar-refractivity contribution is -0.139. The predicted molar refractivity (Wildman–Crippen MR) is 82.0 cm³/mol. The number of aliphatic carboxylic acids is 1. The van der Waals surface area contributed by atoms with Gasteiger partial charge in [0.2, 0.25) is 10.0 Å². The molecule has 1 atom stereocenters. The average Bonchev–Trinajstić information content (AvgIpc) is 2.42. The third-order valence-corrected chi connectivity index (χ3v) is 4.74. The van der Waals surface area contributed by atoms with Crippen LogP contribution in [0.25, 0.3) is 0 Å². The summed E-state index contributed by atoms with van der Waals surface area (Å²) in [5.41, 5.74) is 0. The lowest BCUT2D eigenvalue weighted by Crippen LogP contribution is -2.40. The second-order valence-electron chi connectivity index (χ2n) is 4.48. The minimum atomic E-state index is -3.93. The van der Waals surface area contributed by atoms with Crippen molar-refractivity contribution < 1.29 is 23.1 Å². The SMILES string of the molecule is CCCC[C@H](NS(=O)(=O)c1cc(Br)cc(OC)c1)C(=O)O. The molecule has 0 spiro atoms. The first-order valence-electron chi connectivity index (χ1n) is 6.40. The monoisotopic (exact) mass is 379 g/mol. The molecule has 0 aliphatic carbocycles. The Balaban J connectivity index is 3.04. The second-order valence-corrected chi connectivity index (χ2v) is 7.11. The van der Waals surface area contributed by atoms with Gasteiger partial charge in [-0.15, -0.1) is 0 Å². The van der Waals surface area contributed by atoms with Gasteiger partial charge in [0.25, 0.3) is 0 Å². The zero-order valence-corrected chi connectivity index (χ0v) is 14.2. The molecule has 0 saturated carbocycles. The van der Waals surface area contributed by atoms with E-state index in [1.807, 2.05) is 6.92 Å². The van der Waals surface area contributed by atoms with Crippen LogP contribution in [0.4, 0.5) is 0 Å². The maximum Gasteiger partial charge on any atom is 0.321 e. The van der Waals surface area contributed by atoms with E-state index in [0.29, 0.717) is 16.6 Å². The fraction of sp³-hybridized carbons (Fsp3) is 0.462. The third-order valence-electron chi connectivity index (χ3n) is 2.83. The Morgan fingerprint density at radius 1 is 1.43 bits per heavy atom. The Morgan fingerprint density at radius 2 is 2.10 bits per heavy atom. The maximum absolute atomic E-state index is 12.3. The molecule has 2 N–H and O–H groups in total. The summed E-state index contributed by atoms with van der Waals surface area (Å²) in [5.74, 6) is -0.820. The first-order chi connectivity index (χ1) is 9.80. The van der Waals surface area contributed by atoms with Crippen LogP contribution >= 0.6 is 15.9 Å². The normalized spacial score (nSPS) is 12.9. The van der Waals surface area contributed by atoms with E-state index in [0.717, 1.165) is 6.42 Å². The molecule has 0 fully saturated rings. The quantitative estimate of drug-likeness (QED) is 0.723. The maximum atomic E-state index is 12.3. The van der Waals surface area contributed by atoms with Crippen LogP contribution < -0.4 is 9.46 Å². The smallest absolute Gasteiger partial charge is 0.321 e. The van der Waals surface area contributed by atoms with E-state index >= 15 is 0 Å². The summed E-state index contributed by atoms with van der Waals surface area (Å²) in [6.45, 7) is 1.91. The molecule has 0 aliphatic rings. The first-order valence-corrected chi connectivity index (χ1v) is 8.67. The predicted octanol–water partition coefficient (Wildman–Crippen LogP) is 2.38. The topological polar surface area (TPSA) is 92.7 Å². The highest BCUT2D eigenvalue weighted by atomic mass is 79.9. The Labute approximate surface area is 132 Å². The number of ether oxygens (including phenoxy) is 1. The molecular formula is C13H18BrNO5S. The minimum absolute atomic E-state index is 0.0449. The Kier molecular flexibility index (Phi) is 6.63. The largest absolute Gasteiger partial charge is 0.497 e. The van der Waals surface area contributed by atoms with Gasteiger partial charge < -0.3 is 9.84 Å². The number of sulfonamides is 1. The molecule has 1 aromatic rings. The second kappa shape index (κ2) is 7.77. The van der Waals surface area contributed by atoms with E-state index in [-0.39, 0.29) is 11.3 Å². The minimum Gasteiger partial charge on any atom is -0.497 e. The first kappa shape index (κ1) is 17.9. The number of unbranched alkanes of at least 4 members (excludes halogenated alkanes) is 1. The number of halogens is 1. The summed E-state index contributed by atoms with van der Waals surface area (Å²) in [6.07, 6.45) is 1.66. The van der Waals surface area contributed by atoms with E-state index < -0.39 is 22.0 Å². The van der Waals surface area contributed by atoms with Crippen molar-refractivity contribution in [3.8, 4) is 5.75 Å². The number of carboxylic acid groups (broad SMARTS) is 1. The van der Waals surface area contributed by atoms with Crippen LogP contribution in [0, 0.1) is 0 Å². The van der Waals surface area contributed by atoms with Crippen LogP contribution in [0.5, 0.6) is 5.75 Å². The molecule has 0 heterocycles. The molecule has 8 heteroatoms. The molecule has 0 unspecified atom stereocenters. The number of hydrogen-bond acceptors (Lipinski definition) is 4. The number of hydrogen-bond donors (Lipinski definition) is 2. The molecule has 1 rings (SSSR count). The highest BCUT2D eigenvalue weighted by Crippen LogP contribution is 2.24. The van der Waals surface area contributed by atoms with Crippen LogP contribution in [-0.4, -0.2) is 32.6 Å². The van der Waals surface area contributed by atoms with Crippen molar-refractivity contribution >= 4 is 31.9 Å². The molecule has 0 saturated heterocycles. The van der Waals surface area contributed by atoms with Gasteiger partial charge in [-0.25, -0.2) is 8.42 Å². The van der Waals surface area contributed by atoms with Crippen molar-refractivity contribution in [2.75, 3.05) is 7.11 Å². The highest BCUT2D eigenvalue weighted by molar-refractivity contribution is 9.10. The standard InChI is InChI=1S/C13H18BrNO5S/c1-3-4-5-12(13(16)17)15-21(18,19)11-7-9(14)6-10(8-11)20-2/h6-8,12,15H,3-5H2,1-2H3,(H,16,17)/t12-/m0/s1.